The van der Waals surface area contributed by atoms with E-state index in [2.05, 4.69) is 26.7 Å². The van der Waals surface area contributed by atoms with Gasteiger partial charge in [0.2, 0.25) is 5.91 Å². The Morgan fingerprint density at radius 2 is 2.03 bits per heavy atom. The minimum Gasteiger partial charge on any atom is -0.434 e. The monoisotopic (exact) mass is 516 g/mol. The molecule has 1 aliphatic rings. The molecule has 194 valence electrons. The number of hydrogen-bond acceptors (Lipinski definition) is 5. The molecule has 2 heterocycles. The van der Waals surface area contributed by atoms with E-state index in [0.717, 1.165) is 11.1 Å². The first kappa shape index (κ1) is 27.3. The second kappa shape index (κ2) is 11.2. The van der Waals surface area contributed by atoms with Gasteiger partial charge in [0, 0.05) is 41.7 Å². The second-order valence-electron chi connectivity index (χ2n) is 8.05. The first-order valence-electron chi connectivity index (χ1n) is 11.0. The molecule has 7 nitrogen and oxygen atoms in total. The fraction of sp³-hybridized carbons (Fsp3) is 0.231. The lowest BCUT2D eigenvalue weighted by Crippen LogP contribution is -2.39. The van der Waals surface area contributed by atoms with E-state index < -0.39 is 30.3 Å². The number of nitrogens with zero attached hydrogens (tertiary/aromatic N) is 3. The van der Waals surface area contributed by atoms with E-state index in [4.69, 9.17) is 0 Å². The Balaban J connectivity index is 1.90. The van der Waals surface area contributed by atoms with Crippen LogP contribution in [0.25, 0.3) is 11.1 Å². The summed E-state index contributed by atoms with van der Waals surface area (Å²) < 4.78 is 58.0. The van der Waals surface area contributed by atoms with E-state index >= 15 is 0 Å². The summed E-state index contributed by atoms with van der Waals surface area (Å²) in [6, 6.07) is 7.26. The fourth-order valence-corrected chi connectivity index (χ4v) is 3.64. The number of hydrazone groups is 1. The lowest BCUT2D eigenvalue weighted by atomic mass is 10.0. The molecule has 1 N–H and O–H groups in total. The number of anilines is 1. The van der Waals surface area contributed by atoms with Crippen LogP contribution in [-0.4, -0.2) is 35.0 Å². The number of benzene rings is 1. The van der Waals surface area contributed by atoms with Crippen LogP contribution in [-0.2, 0) is 9.59 Å². The van der Waals surface area contributed by atoms with E-state index in [1.54, 1.807) is 12.1 Å². The molecule has 3 rings (SSSR count). The van der Waals surface area contributed by atoms with Crippen molar-refractivity contribution in [3.8, 4) is 16.9 Å². The van der Waals surface area contributed by atoms with E-state index in [-0.39, 0.29) is 34.0 Å². The van der Waals surface area contributed by atoms with Gasteiger partial charge in [-0.05, 0) is 50.3 Å². The Hall–Kier alpha value is -4.28. The third-order valence-corrected chi connectivity index (χ3v) is 5.41. The highest BCUT2D eigenvalue weighted by atomic mass is 19.3. The van der Waals surface area contributed by atoms with Gasteiger partial charge in [-0.2, -0.15) is 18.9 Å². The van der Waals surface area contributed by atoms with Crippen LogP contribution in [0, 0.1) is 5.92 Å². The summed E-state index contributed by atoms with van der Waals surface area (Å²) in [5, 5.41) is 7.58. The van der Waals surface area contributed by atoms with Crippen molar-refractivity contribution in [1.82, 2.24) is 10.3 Å². The summed E-state index contributed by atoms with van der Waals surface area (Å²) in [5.41, 5.74) is 0.661. The number of ether oxygens (including phenoxy) is 1. The van der Waals surface area contributed by atoms with Gasteiger partial charge >= 0.3 is 6.61 Å². The topological polar surface area (TPSA) is 83.9 Å². The third kappa shape index (κ3) is 6.29. The summed E-state index contributed by atoms with van der Waals surface area (Å²) in [4.78, 5) is 30.1. The van der Waals surface area contributed by atoms with Gasteiger partial charge in [0.15, 0.2) is 5.92 Å². The summed E-state index contributed by atoms with van der Waals surface area (Å²) in [6.45, 7) is 4.06. The molecule has 1 unspecified atom stereocenters. The number of amides is 2. The zero-order valence-corrected chi connectivity index (χ0v) is 20.2. The number of rotatable bonds is 9. The highest BCUT2D eigenvalue weighted by Gasteiger charge is 2.40. The maximum Gasteiger partial charge on any atom is 0.387 e. The van der Waals surface area contributed by atoms with Crippen LogP contribution in [0.2, 0.25) is 0 Å². The number of carbonyl (C=O) groups excluding carboxylic acids is 2. The molecule has 2 amide bonds. The number of halogens is 4. The number of carbonyl (C=O) groups is 2. The normalized spacial score (nSPS) is 16.6. The molecule has 0 bridgehead atoms. The van der Waals surface area contributed by atoms with Crippen molar-refractivity contribution < 1.29 is 31.9 Å². The summed E-state index contributed by atoms with van der Waals surface area (Å²) >= 11 is 0. The minimum absolute atomic E-state index is 0.0222. The quantitative estimate of drug-likeness (QED) is 0.272. The van der Waals surface area contributed by atoms with Crippen molar-refractivity contribution >= 4 is 23.2 Å². The standard InChI is InChI=1S/C26H24F4N4O3/c1-5-17(26(4,29)30)12-18(6-2)32-23(35)22-15(3)33-34(24(22)36)19-9-10-21(37-25(27)28)20(13-19)16-8-7-11-31-14-16/h5-14,22,25H,2H2,1,3-4H3,(H,32,35)/b17-5+,18-12+. The minimum atomic E-state index is -3.16. The number of hydrogen-bond donors (Lipinski definition) is 1. The predicted octanol–water partition coefficient (Wildman–Crippen LogP) is 5.48. The summed E-state index contributed by atoms with van der Waals surface area (Å²) in [7, 11) is 0. The van der Waals surface area contributed by atoms with Gasteiger partial charge in [0.05, 0.1) is 11.4 Å². The molecule has 37 heavy (non-hydrogen) atoms. The largest absolute Gasteiger partial charge is 0.434 e. The average Bonchev–Trinajstić information content (AvgIpc) is 3.15. The molecule has 0 fully saturated rings. The van der Waals surface area contributed by atoms with E-state index in [0.29, 0.717) is 12.5 Å². The molecular formula is C26H24F4N4O3. The third-order valence-electron chi connectivity index (χ3n) is 5.41. The van der Waals surface area contributed by atoms with Gasteiger partial charge < -0.3 is 10.1 Å². The highest BCUT2D eigenvalue weighted by molar-refractivity contribution is 6.26. The average molecular weight is 516 g/mol. The molecule has 1 aromatic carbocycles. The van der Waals surface area contributed by atoms with E-state index in [9.17, 15) is 27.2 Å². The highest BCUT2D eigenvalue weighted by Crippen LogP contribution is 2.36. The first-order valence-corrected chi connectivity index (χ1v) is 11.0. The van der Waals surface area contributed by atoms with Crippen LogP contribution in [0.5, 0.6) is 5.75 Å². The van der Waals surface area contributed by atoms with Gasteiger partial charge in [0.1, 0.15) is 5.75 Å². The molecule has 1 atom stereocenters. The van der Waals surface area contributed by atoms with Gasteiger partial charge in [0.25, 0.3) is 11.8 Å². The molecule has 0 aliphatic carbocycles. The van der Waals surface area contributed by atoms with Crippen LogP contribution in [0.4, 0.5) is 23.2 Å². The predicted molar refractivity (Wildman–Crippen MR) is 131 cm³/mol. The van der Waals surface area contributed by atoms with Crippen LogP contribution in [0.15, 0.2) is 83.9 Å². The molecule has 11 heteroatoms. The molecular weight excluding hydrogens is 492 g/mol. The molecule has 0 radical (unpaired) electrons. The van der Waals surface area contributed by atoms with Crippen molar-refractivity contribution in [2.75, 3.05) is 5.01 Å². The lowest BCUT2D eigenvalue weighted by Gasteiger charge is -2.18. The van der Waals surface area contributed by atoms with Crippen molar-refractivity contribution in [2.24, 2.45) is 11.0 Å². The summed E-state index contributed by atoms with van der Waals surface area (Å²) in [5.74, 6) is -6.15. The van der Waals surface area contributed by atoms with Gasteiger partial charge in [-0.25, -0.2) is 8.78 Å². The molecule has 1 aliphatic heterocycles. The Labute approximate surface area is 210 Å². The summed E-state index contributed by atoms with van der Waals surface area (Å²) in [6.07, 6.45) is 6.39. The van der Waals surface area contributed by atoms with Gasteiger partial charge in [-0.15, -0.1) is 0 Å². The Kier molecular flexibility index (Phi) is 8.26. The Bertz CT molecular complexity index is 1280. The number of aromatic nitrogens is 1. The smallest absolute Gasteiger partial charge is 0.387 e. The molecule has 2 aromatic rings. The van der Waals surface area contributed by atoms with Gasteiger partial charge in [-0.3, -0.25) is 14.6 Å². The maximum absolute atomic E-state index is 13.7. The van der Waals surface area contributed by atoms with E-state index in [1.807, 2.05) is 0 Å². The van der Waals surface area contributed by atoms with Crippen LogP contribution >= 0.6 is 0 Å². The maximum atomic E-state index is 13.7. The number of pyridine rings is 1. The van der Waals surface area contributed by atoms with Gasteiger partial charge in [-0.1, -0.05) is 18.7 Å². The van der Waals surface area contributed by atoms with E-state index in [1.165, 1.54) is 56.6 Å². The van der Waals surface area contributed by atoms with Crippen LogP contribution < -0.4 is 15.1 Å². The number of allylic oxidation sites excluding steroid dienone is 4. The zero-order valence-electron chi connectivity index (χ0n) is 20.2. The Morgan fingerprint density at radius 1 is 1.30 bits per heavy atom. The molecule has 0 spiro atoms. The van der Waals surface area contributed by atoms with Crippen molar-refractivity contribution in [3.63, 3.8) is 0 Å². The lowest BCUT2D eigenvalue weighted by molar-refractivity contribution is -0.129. The molecule has 0 saturated carbocycles. The number of alkyl halides is 4. The number of nitrogens with one attached hydrogen (secondary N) is 1. The zero-order chi connectivity index (χ0) is 27.3. The van der Waals surface area contributed by atoms with Crippen molar-refractivity contribution in [1.29, 1.82) is 0 Å². The SMILES string of the molecule is C=C/C(=C\C(=C/C)C(C)(F)F)NC(=O)C1C(=O)N(c2ccc(OC(F)F)c(-c3cccnc3)c2)N=C1C. The Morgan fingerprint density at radius 3 is 2.59 bits per heavy atom. The molecule has 0 saturated heterocycles. The second-order valence-corrected chi connectivity index (χ2v) is 8.05. The van der Waals surface area contributed by atoms with Crippen molar-refractivity contribution in [3.05, 3.63) is 78.8 Å². The van der Waals surface area contributed by atoms with Crippen molar-refractivity contribution in [2.45, 2.75) is 33.3 Å². The molecule has 1 aromatic heterocycles. The van der Waals surface area contributed by atoms with Crippen LogP contribution in [0.1, 0.15) is 20.8 Å². The van der Waals surface area contributed by atoms with Crippen LogP contribution in [0.3, 0.4) is 0 Å². The first-order chi connectivity index (χ1) is 17.5. The fourth-order valence-electron chi connectivity index (χ4n) is 3.64.